The van der Waals surface area contributed by atoms with Gasteiger partial charge in [0.05, 0.1) is 11.3 Å². The monoisotopic (exact) mass is 461 g/mol. The molecule has 6 heteroatoms. The van der Waals surface area contributed by atoms with Gasteiger partial charge in [-0.2, -0.15) is 0 Å². The highest BCUT2D eigenvalue weighted by Crippen LogP contribution is 2.27. The average Bonchev–Trinajstić information content (AvgIpc) is 2.61. The SMILES string of the molecule is Cc1ccc(C(=O)Oc2ccc(Br)cc2/C=N/c2cc(Cl)cc(Cl)c2)cc1. The molecule has 0 radical (unpaired) electrons. The Morgan fingerprint density at radius 3 is 2.33 bits per heavy atom. The van der Waals surface area contributed by atoms with E-state index in [4.69, 9.17) is 27.9 Å². The van der Waals surface area contributed by atoms with Crippen LogP contribution in [0.2, 0.25) is 10.0 Å². The van der Waals surface area contributed by atoms with Crippen molar-refractivity contribution in [1.29, 1.82) is 0 Å². The third-order valence-corrected chi connectivity index (χ3v) is 4.59. The second-order valence-electron chi connectivity index (χ2n) is 5.82. The van der Waals surface area contributed by atoms with E-state index in [1.807, 2.05) is 25.1 Å². The smallest absolute Gasteiger partial charge is 0.343 e. The Bertz CT molecular complexity index is 997. The number of esters is 1. The fraction of sp³-hybridized carbons (Fsp3) is 0.0476. The van der Waals surface area contributed by atoms with Crippen molar-refractivity contribution in [3.63, 3.8) is 0 Å². The van der Waals surface area contributed by atoms with Gasteiger partial charge >= 0.3 is 5.97 Å². The molecule has 0 spiro atoms. The molecule has 0 aliphatic rings. The third-order valence-electron chi connectivity index (χ3n) is 3.66. The summed E-state index contributed by atoms with van der Waals surface area (Å²) >= 11 is 15.4. The van der Waals surface area contributed by atoms with Crippen LogP contribution in [-0.2, 0) is 0 Å². The van der Waals surface area contributed by atoms with Crippen molar-refractivity contribution in [2.45, 2.75) is 6.92 Å². The molecule has 27 heavy (non-hydrogen) atoms. The second-order valence-corrected chi connectivity index (χ2v) is 7.61. The number of hydrogen-bond donors (Lipinski definition) is 0. The molecule has 0 aromatic heterocycles. The van der Waals surface area contributed by atoms with E-state index in [2.05, 4.69) is 20.9 Å². The first-order valence-electron chi connectivity index (χ1n) is 7.99. The summed E-state index contributed by atoms with van der Waals surface area (Å²) in [6.07, 6.45) is 1.60. The predicted octanol–water partition coefficient (Wildman–Crippen LogP) is 7.03. The molecule has 0 saturated carbocycles. The van der Waals surface area contributed by atoms with Gasteiger partial charge in [-0.05, 0) is 55.5 Å². The topological polar surface area (TPSA) is 38.7 Å². The molecule has 0 saturated heterocycles. The van der Waals surface area contributed by atoms with Gasteiger partial charge in [0.1, 0.15) is 5.75 Å². The largest absolute Gasteiger partial charge is 0.422 e. The fourth-order valence-electron chi connectivity index (χ4n) is 2.32. The number of ether oxygens (including phenoxy) is 1. The van der Waals surface area contributed by atoms with E-state index >= 15 is 0 Å². The lowest BCUT2D eigenvalue weighted by molar-refractivity contribution is 0.0734. The van der Waals surface area contributed by atoms with E-state index in [0.29, 0.717) is 32.6 Å². The van der Waals surface area contributed by atoms with Crippen LogP contribution in [0.4, 0.5) is 5.69 Å². The van der Waals surface area contributed by atoms with Crippen molar-refractivity contribution in [3.05, 3.63) is 91.9 Å². The lowest BCUT2D eigenvalue weighted by atomic mass is 10.1. The van der Waals surface area contributed by atoms with E-state index in [9.17, 15) is 4.79 Å². The number of carbonyl (C=O) groups is 1. The summed E-state index contributed by atoms with van der Waals surface area (Å²) in [7, 11) is 0. The highest BCUT2D eigenvalue weighted by atomic mass is 79.9. The molecule has 0 atom stereocenters. The Morgan fingerprint density at radius 1 is 1.00 bits per heavy atom. The third kappa shape index (κ3) is 5.42. The zero-order valence-electron chi connectivity index (χ0n) is 14.2. The van der Waals surface area contributed by atoms with E-state index < -0.39 is 5.97 Å². The summed E-state index contributed by atoms with van der Waals surface area (Å²) in [4.78, 5) is 16.8. The van der Waals surface area contributed by atoms with Crippen LogP contribution in [0.5, 0.6) is 5.75 Å². The molecular formula is C21H14BrCl2NO2. The molecule has 0 fully saturated rings. The maximum atomic E-state index is 12.4. The van der Waals surface area contributed by atoms with Crippen molar-refractivity contribution < 1.29 is 9.53 Å². The minimum atomic E-state index is -0.433. The fourth-order valence-corrected chi connectivity index (χ4v) is 3.21. The Labute approximate surface area is 175 Å². The summed E-state index contributed by atoms with van der Waals surface area (Å²) in [6, 6.07) is 17.5. The number of benzene rings is 3. The zero-order valence-corrected chi connectivity index (χ0v) is 17.3. The standard InChI is InChI=1S/C21H14BrCl2NO2/c1-13-2-4-14(5-3-13)21(26)27-20-7-6-16(22)8-15(20)12-25-19-10-17(23)9-18(24)11-19/h2-12H,1H3/b25-12+. The van der Waals surface area contributed by atoms with Crippen LogP contribution in [0, 0.1) is 6.92 Å². The van der Waals surface area contributed by atoms with Crippen LogP contribution in [0.1, 0.15) is 21.5 Å². The Balaban J connectivity index is 1.87. The average molecular weight is 463 g/mol. The van der Waals surface area contributed by atoms with Crippen LogP contribution in [0.15, 0.2) is 70.1 Å². The van der Waals surface area contributed by atoms with Crippen molar-refractivity contribution >= 4 is 57.0 Å². The lowest BCUT2D eigenvalue weighted by Gasteiger charge is -2.08. The minimum absolute atomic E-state index is 0.403. The molecule has 0 unspecified atom stereocenters. The maximum absolute atomic E-state index is 12.4. The van der Waals surface area contributed by atoms with Gasteiger partial charge in [-0.3, -0.25) is 4.99 Å². The number of hydrogen-bond acceptors (Lipinski definition) is 3. The van der Waals surface area contributed by atoms with Crippen LogP contribution < -0.4 is 4.74 Å². The van der Waals surface area contributed by atoms with Crippen molar-refractivity contribution in [2.24, 2.45) is 4.99 Å². The number of carbonyl (C=O) groups excluding carboxylic acids is 1. The van der Waals surface area contributed by atoms with Crippen LogP contribution in [0.25, 0.3) is 0 Å². The number of halogens is 3. The van der Waals surface area contributed by atoms with Gasteiger partial charge in [0.15, 0.2) is 0 Å². The molecule has 3 aromatic rings. The maximum Gasteiger partial charge on any atom is 0.343 e. The highest BCUT2D eigenvalue weighted by Gasteiger charge is 2.11. The second kappa shape index (κ2) is 8.70. The van der Waals surface area contributed by atoms with Crippen molar-refractivity contribution in [2.75, 3.05) is 0 Å². The molecule has 0 N–H and O–H groups in total. The Morgan fingerprint density at radius 2 is 1.67 bits per heavy atom. The molecule has 0 aliphatic carbocycles. The van der Waals surface area contributed by atoms with Gasteiger partial charge in [-0.25, -0.2) is 4.79 Å². The number of rotatable bonds is 4. The van der Waals surface area contributed by atoms with Crippen LogP contribution in [-0.4, -0.2) is 12.2 Å². The lowest BCUT2D eigenvalue weighted by Crippen LogP contribution is -2.09. The summed E-state index contributed by atoms with van der Waals surface area (Å²) in [5.74, 6) is -0.0292. The minimum Gasteiger partial charge on any atom is -0.422 e. The molecule has 3 rings (SSSR count). The van der Waals surface area contributed by atoms with Gasteiger partial charge in [-0.1, -0.05) is 56.8 Å². The Kier molecular flexibility index (Phi) is 6.32. The van der Waals surface area contributed by atoms with Crippen molar-refractivity contribution in [1.82, 2.24) is 0 Å². The molecule has 0 aliphatic heterocycles. The first kappa shape index (κ1) is 19.6. The summed E-state index contributed by atoms with van der Waals surface area (Å²) in [6.45, 7) is 1.96. The molecular weight excluding hydrogens is 449 g/mol. The van der Waals surface area contributed by atoms with Gasteiger partial charge in [-0.15, -0.1) is 0 Å². The first-order chi connectivity index (χ1) is 12.9. The predicted molar refractivity (Wildman–Crippen MR) is 114 cm³/mol. The Hall–Kier alpha value is -2.14. The van der Waals surface area contributed by atoms with Gasteiger partial charge in [0.2, 0.25) is 0 Å². The summed E-state index contributed by atoms with van der Waals surface area (Å²) < 4.78 is 6.40. The van der Waals surface area contributed by atoms with E-state index in [1.165, 1.54) is 0 Å². The van der Waals surface area contributed by atoms with E-state index in [1.54, 1.807) is 48.7 Å². The molecule has 0 heterocycles. The molecule has 0 bridgehead atoms. The quantitative estimate of drug-likeness (QED) is 0.237. The van der Waals surface area contributed by atoms with Gasteiger partial charge in [0.25, 0.3) is 0 Å². The number of aryl methyl sites for hydroxylation is 1. The van der Waals surface area contributed by atoms with E-state index in [0.717, 1.165) is 10.0 Å². The first-order valence-corrected chi connectivity index (χ1v) is 9.54. The number of nitrogens with zero attached hydrogens (tertiary/aromatic N) is 1. The molecule has 3 aromatic carbocycles. The zero-order chi connectivity index (χ0) is 19.4. The van der Waals surface area contributed by atoms with E-state index in [-0.39, 0.29) is 0 Å². The van der Waals surface area contributed by atoms with Gasteiger partial charge in [0, 0.05) is 26.3 Å². The van der Waals surface area contributed by atoms with Crippen molar-refractivity contribution in [3.8, 4) is 5.75 Å². The van der Waals surface area contributed by atoms with Crippen LogP contribution in [0.3, 0.4) is 0 Å². The molecule has 136 valence electrons. The van der Waals surface area contributed by atoms with Gasteiger partial charge < -0.3 is 4.74 Å². The summed E-state index contributed by atoms with van der Waals surface area (Å²) in [5.41, 5.74) is 2.79. The number of aliphatic imine (C=N–C) groups is 1. The molecule has 0 amide bonds. The normalized spacial score (nSPS) is 11.0. The highest BCUT2D eigenvalue weighted by molar-refractivity contribution is 9.10. The summed E-state index contributed by atoms with van der Waals surface area (Å²) in [5, 5.41) is 0.991. The van der Waals surface area contributed by atoms with Crippen LogP contribution >= 0.6 is 39.1 Å². The molecule has 3 nitrogen and oxygen atoms in total.